The third-order valence-electron chi connectivity index (χ3n) is 2.48. The second-order valence-electron chi connectivity index (χ2n) is 4.23. The molecule has 1 rings (SSSR count). The van der Waals surface area contributed by atoms with Gasteiger partial charge in [-0.1, -0.05) is 12.1 Å². The van der Waals surface area contributed by atoms with Gasteiger partial charge in [0.25, 0.3) is 0 Å². The van der Waals surface area contributed by atoms with E-state index in [1.165, 1.54) is 26.0 Å². The van der Waals surface area contributed by atoms with Crippen LogP contribution in [0, 0.1) is 0 Å². The van der Waals surface area contributed by atoms with Crippen molar-refractivity contribution in [3.05, 3.63) is 29.8 Å². The van der Waals surface area contributed by atoms with Crippen molar-refractivity contribution in [1.82, 2.24) is 10.0 Å². The van der Waals surface area contributed by atoms with Gasteiger partial charge < -0.3 is 10.4 Å². The summed E-state index contributed by atoms with van der Waals surface area (Å²) < 4.78 is 25.8. The van der Waals surface area contributed by atoms with Gasteiger partial charge in [-0.15, -0.1) is 0 Å². The Morgan fingerprint density at radius 3 is 2.25 bits per heavy atom. The molecule has 0 aliphatic heterocycles. The van der Waals surface area contributed by atoms with Crippen molar-refractivity contribution in [2.75, 3.05) is 0 Å². The molecular formula is C12H16N2O5S. The standard InChI is InChI=1S/C12H16N2O5S/c1-8(12(16)17)14-20(18,19)11-5-3-10(4-6-11)7-13-9(2)15/h3-6,8,14H,7H2,1-2H3,(H,13,15)(H,16,17). The zero-order valence-electron chi connectivity index (χ0n) is 11.1. The Bertz CT molecular complexity index is 595. The number of sulfonamides is 1. The van der Waals surface area contributed by atoms with Crippen molar-refractivity contribution in [3.8, 4) is 0 Å². The molecule has 0 saturated heterocycles. The van der Waals surface area contributed by atoms with Gasteiger partial charge in [-0.3, -0.25) is 9.59 Å². The molecular weight excluding hydrogens is 284 g/mol. The number of aliphatic carboxylic acids is 1. The van der Waals surface area contributed by atoms with E-state index in [4.69, 9.17) is 5.11 Å². The first-order valence-electron chi connectivity index (χ1n) is 5.81. The van der Waals surface area contributed by atoms with Crippen LogP contribution in [-0.4, -0.2) is 31.4 Å². The molecule has 0 aliphatic rings. The number of amides is 1. The lowest BCUT2D eigenvalue weighted by Gasteiger charge is -2.10. The molecule has 0 spiro atoms. The average molecular weight is 300 g/mol. The smallest absolute Gasteiger partial charge is 0.321 e. The SMILES string of the molecule is CC(=O)NCc1ccc(S(=O)(=O)NC(C)C(=O)O)cc1. The summed E-state index contributed by atoms with van der Waals surface area (Å²) in [6.07, 6.45) is 0. The summed E-state index contributed by atoms with van der Waals surface area (Å²) in [6.45, 7) is 2.93. The van der Waals surface area contributed by atoms with Gasteiger partial charge in [0, 0.05) is 13.5 Å². The first kappa shape index (κ1) is 16.1. The van der Waals surface area contributed by atoms with Gasteiger partial charge in [0.05, 0.1) is 4.90 Å². The van der Waals surface area contributed by atoms with Crippen LogP contribution >= 0.6 is 0 Å². The Morgan fingerprint density at radius 1 is 1.25 bits per heavy atom. The van der Waals surface area contributed by atoms with E-state index in [0.29, 0.717) is 6.54 Å². The minimum absolute atomic E-state index is 0.0304. The number of hydrogen-bond donors (Lipinski definition) is 3. The van der Waals surface area contributed by atoms with Crippen molar-refractivity contribution in [3.63, 3.8) is 0 Å². The molecule has 0 heterocycles. The van der Waals surface area contributed by atoms with Crippen molar-refractivity contribution in [1.29, 1.82) is 0 Å². The minimum atomic E-state index is -3.87. The third-order valence-corrected chi connectivity index (χ3v) is 4.03. The van der Waals surface area contributed by atoms with Crippen LogP contribution in [-0.2, 0) is 26.2 Å². The summed E-state index contributed by atoms with van der Waals surface area (Å²) in [4.78, 5) is 21.4. The van der Waals surface area contributed by atoms with E-state index in [1.807, 2.05) is 4.72 Å². The molecule has 1 atom stereocenters. The quantitative estimate of drug-likeness (QED) is 0.688. The van der Waals surface area contributed by atoms with Crippen molar-refractivity contribution in [2.45, 2.75) is 31.3 Å². The maximum absolute atomic E-state index is 11.9. The normalized spacial score (nSPS) is 12.7. The van der Waals surface area contributed by atoms with Crippen molar-refractivity contribution < 1.29 is 23.1 Å². The van der Waals surface area contributed by atoms with E-state index < -0.39 is 22.0 Å². The lowest BCUT2D eigenvalue weighted by molar-refractivity contribution is -0.138. The van der Waals surface area contributed by atoms with Crippen molar-refractivity contribution >= 4 is 21.9 Å². The fraction of sp³-hybridized carbons (Fsp3) is 0.333. The lowest BCUT2D eigenvalue weighted by Crippen LogP contribution is -2.38. The van der Waals surface area contributed by atoms with Crippen LogP contribution in [0.2, 0.25) is 0 Å². The van der Waals surface area contributed by atoms with Crippen LogP contribution in [0.25, 0.3) is 0 Å². The highest BCUT2D eigenvalue weighted by Gasteiger charge is 2.21. The van der Waals surface area contributed by atoms with Gasteiger partial charge in [-0.2, -0.15) is 4.72 Å². The molecule has 0 saturated carbocycles. The van der Waals surface area contributed by atoms with Crippen LogP contribution in [0.4, 0.5) is 0 Å². The third kappa shape index (κ3) is 4.63. The number of carbonyl (C=O) groups is 2. The molecule has 1 aromatic rings. The fourth-order valence-corrected chi connectivity index (χ4v) is 2.56. The van der Waals surface area contributed by atoms with E-state index in [2.05, 4.69) is 5.32 Å². The highest BCUT2D eigenvalue weighted by atomic mass is 32.2. The Kier molecular flexibility index (Phi) is 5.23. The van der Waals surface area contributed by atoms with Gasteiger partial charge in [0.15, 0.2) is 0 Å². The highest BCUT2D eigenvalue weighted by Crippen LogP contribution is 2.11. The summed E-state index contributed by atoms with van der Waals surface area (Å²) >= 11 is 0. The number of carboxylic acids is 1. The molecule has 0 fully saturated rings. The summed E-state index contributed by atoms with van der Waals surface area (Å²) in [5.74, 6) is -1.44. The first-order chi connectivity index (χ1) is 9.22. The largest absolute Gasteiger partial charge is 0.480 e. The number of rotatable bonds is 6. The molecule has 110 valence electrons. The minimum Gasteiger partial charge on any atom is -0.480 e. The zero-order valence-corrected chi connectivity index (χ0v) is 11.9. The van der Waals surface area contributed by atoms with Gasteiger partial charge in [-0.25, -0.2) is 8.42 Å². The van der Waals surface area contributed by atoms with Crippen molar-refractivity contribution in [2.24, 2.45) is 0 Å². The van der Waals surface area contributed by atoms with Crippen LogP contribution in [0.1, 0.15) is 19.4 Å². The zero-order chi connectivity index (χ0) is 15.3. The topological polar surface area (TPSA) is 113 Å². The maximum Gasteiger partial charge on any atom is 0.321 e. The second kappa shape index (κ2) is 6.49. The second-order valence-corrected chi connectivity index (χ2v) is 5.95. The maximum atomic E-state index is 11.9. The monoisotopic (exact) mass is 300 g/mol. The van der Waals surface area contributed by atoms with E-state index in [1.54, 1.807) is 12.1 Å². The van der Waals surface area contributed by atoms with Crippen LogP contribution < -0.4 is 10.0 Å². The average Bonchev–Trinajstić information content (AvgIpc) is 2.36. The van der Waals surface area contributed by atoms with Gasteiger partial charge in [0.2, 0.25) is 15.9 Å². The van der Waals surface area contributed by atoms with Gasteiger partial charge in [0.1, 0.15) is 6.04 Å². The number of benzene rings is 1. The Morgan fingerprint density at radius 2 is 1.80 bits per heavy atom. The van der Waals surface area contributed by atoms with Crippen LogP contribution in [0.5, 0.6) is 0 Å². The molecule has 20 heavy (non-hydrogen) atoms. The molecule has 1 amide bonds. The number of hydrogen-bond acceptors (Lipinski definition) is 4. The summed E-state index contributed by atoms with van der Waals surface area (Å²) in [5, 5.41) is 11.3. The number of nitrogens with one attached hydrogen (secondary N) is 2. The number of carboxylic acid groups (broad SMARTS) is 1. The first-order valence-corrected chi connectivity index (χ1v) is 7.29. The predicted octanol–water partition coefficient (Wildman–Crippen LogP) is 0.0741. The van der Waals surface area contributed by atoms with Gasteiger partial charge in [-0.05, 0) is 24.6 Å². The Labute approximate surface area is 117 Å². The Hall–Kier alpha value is -1.93. The summed E-state index contributed by atoms with van der Waals surface area (Å²) in [6, 6.07) is 4.60. The van der Waals surface area contributed by atoms with E-state index >= 15 is 0 Å². The molecule has 0 bridgehead atoms. The molecule has 1 aromatic carbocycles. The molecule has 7 nitrogen and oxygen atoms in total. The summed E-state index contributed by atoms with van der Waals surface area (Å²) in [5.41, 5.74) is 0.741. The molecule has 0 radical (unpaired) electrons. The van der Waals surface area contributed by atoms with E-state index in [9.17, 15) is 18.0 Å². The highest BCUT2D eigenvalue weighted by molar-refractivity contribution is 7.89. The molecule has 8 heteroatoms. The number of carbonyl (C=O) groups excluding carboxylic acids is 1. The van der Waals surface area contributed by atoms with E-state index in [0.717, 1.165) is 5.56 Å². The molecule has 1 unspecified atom stereocenters. The summed E-state index contributed by atoms with van der Waals surface area (Å²) in [7, 11) is -3.87. The lowest BCUT2D eigenvalue weighted by atomic mass is 10.2. The van der Waals surface area contributed by atoms with Crippen LogP contribution in [0.3, 0.4) is 0 Å². The predicted molar refractivity (Wildman–Crippen MR) is 71.4 cm³/mol. The van der Waals surface area contributed by atoms with Crippen LogP contribution in [0.15, 0.2) is 29.2 Å². The molecule has 0 aromatic heterocycles. The Balaban J connectivity index is 2.81. The van der Waals surface area contributed by atoms with E-state index in [-0.39, 0.29) is 10.8 Å². The molecule has 0 aliphatic carbocycles. The molecule has 3 N–H and O–H groups in total. The van der Waals surface area contributed by atoms with Gasteiger partial charge >= 0.3 is 5.97 Å². The fourth-order valence-electron chi connectivity index (χ4n) is 1.36.